The normalized spacial score (nSPS) is 12.6. The third-order valence-electron chi connectivity index (χ3n) is 5.67. The van der Waals surface area contributed by atoms with Crippen LogP contribution in [0.25, 0.3) is 10.8 Å². The van der Waals surface area contributed by atoms with E-state index >= 15 is 0 Å². The molecule has 1 amide bonds. The van der Waals surface area contributed by atoms with Crippen LogP contribution in [-0.4, -0.2) is 46.8 Å². The first-order valence-corrected chi connectivity index (χ1v) is 11.9. The van der Waals surface area contributed by atoms with Crippen LogP contribution < -0.4 is 11.1 Å². The van der Waals surface area contributed by atoms with Crippen molar-refractivity contribution < 1.29 is 41.8 Å². The predicted molar refractivity (Wildman–Crippen MR) is 136 cm³/mol. The molecule has 2 atom stereocenters. The highest BCUT2D eigenvalue weighted by atomic mass is 19.4. The lowest BCUT2D eigenvalue weighted by Crippen LogP contribution is -2.49. The molecule has 0 heterocycles. The molecular formula is C28H28F4N2O5. The van der Waals surface area contributed by atoms with Crippen LogP contribution in [0, 0.1) is 5.82 Å². The van der Waals surface area contributed by atoms with Gasteiger partial charge >= 0.3 is 12.1 Å². The van der Waals surface area contributed by atoms with Crippen molar-refractivity contribution in [1.29, 1.82) is 0 Å². The first kappa shape index (κ1) is 31.1. The second kappa shape index (κ2) is 14.1. The third-order valence-corrected chi connectivity index (χ3v) is 5.67. The van der Waals surface area contributed by atoms with Crippen LogP contribution in [-0.2, 0) is 32.0 Å². The van der Waals surface area contributed by atoms with Crippen molar-refractivity contribution in [2.24, 2.45) is 5.73 Å². The van der Waals surface area contributed by atoms with Gasteiger partial charge in [-0.25, -0.2) is 9.18 Å². The zero-order valence-electron chi connectivity index (χ0n) is 21.0. The van der Waals surface area contributed by atoms with E-state index in [-0.39, 0.29) is 36.6 Å². The van der Waals surface area contributed by atoms with Gasteiger partial charge in [-0.2, -0.15) is 13.2 Å². The van der Waals surface area contributed by atoms with Gasteiger partial charge in [-0.3, -0.25) is 14.4 Å². The zero-order chi connectivity index (χ0) is 29.2. The van der Waals surface area contributed by atoms with Gasteiger partial charge in [0.05, 0.1) is 12.1 Å². The highest BCUT2D eigenvalue weighted by Crippen LogP contribution is 2.20. The Morgan fingerprint density at radius 3 is 2.13 bits per heavy atom. The number of Topliss-reactive ketones (excluding diaryl/α,β-unsaturated/α-hetero) is 2. The molecule has 3 rings (SSSR count). The van der Waals surface area contributed by atoms with Crippen molar-refractivity contribution in [3.8, 4) is 0 Å². The van der Waals surface area contributed by atoms with Crippen molar-refractivity contribution in [1.82, 2.24) is 5.32 Å². The van der Waals surface area contributed by atoms with Crippen molar-refractivity contribution in [3.63, 3.8) is 0 Å². The SMILES string of the molecule is CC(=O)C[C@H](N)C(=O)N[C@@H](Cc1ccc(F)cc1)C(=O)CCc1cccc2ccccc12.O=C(O)C(F)(F)F. The fraction of sp³-hybridized carbons (Fsp3) is 0.286. The number of rotatable bonds is 10. The Morgan fingerprint density at radius 2 is 1.54 bits per heavy atom. The largest absolute Gasteiger partial charge is 0.490 e. The maximum atomic E-state index is 13.3. The van der Waals surface area contributed by atoms with Gasteiger partial charge in [-0.15, -0.1) is 0 Å². The molecule has 11 heteroatoms. The fourth-order valence-corrected chi connectivity index (χ4v) is 3.73. The van der Waals surface area contributed by atoms with Crippen LogP contribution in [0.5, 0.6) is 0 Å². The quantitative estimate of drug-likeness (QED) is 0.327. The molecule has 0 aliphatic carbocycles. The molecule has 0 saturated heterocycles. The summed E-state index contributed by atoms with van der Waals surface area (Å²) < 4.78 is 45.0. The summed E-state index contributed by atoms with van der Waals surface area (Å²) in [4.78, 5) is 45.8. The van der Waals surface area contributed by atoms with Crippen molar-refractivity contribution in [2.75, 3.05) is 0 Å². The topological polar surface area (TPSA) is 127 Å². The standard InChI is InChI=1S/C26H27FN2O3.C2HF3O2/c1-17(30)15-23(28)26(32)29-24(16-18-9-12-21(27)13-10-18)25(31)14-11-20-7-4-6-19-5-2-3-8-22(19)20;3-2(4,5)1(6)7/h2-10,12-13,23-24H,11,14-16,28H2,1H3,(H,29,32);(H,6,7)/t23-,24-;/m0./s1. The number of carbonyl (C=O) groups excluding carboxylic acids is 3. The van der Waals surface area contributed by atoms with Crippen molar-refractivity contribution in [2.45, 2.75) is 50.9 Å². The third kappa shape index (κ3) is 10.3. The molecule has 0 unspecified atom stereocenters. The van der Waals surface area contributed by atoms with E-state index in [1.54, 1.807) is 12.1 Å². The van der Waals surface area contributed by atoms with E-state index in [2.05, 4.69) is 5.32 Å². The van der Waals surface area contributed by atoms with Gasteiger partial charge in [0, 0.05) is 12.8 Å². The van der Waals surface area contributed by atoms with E-state index in [0.717, 1.165) is 21.9 Å². The second-order valence-corrected chi connectivity index (χ2v) is 8.81. The molecule has 208 valence electrons. The summed E-state index contributed by atoms with van der Waals surface area (Å²) in [5.74, 6) is -4.03. The van der Waals surface area contributed by atoms with Gasteiger partial charge in [0.15, 0.2) is 5.78 Å². The van der Waals surface area contributed by atoms with E-state index in [1.807, 2.05) is 42.5 Å². The first-order valence-electron chi connectivity index (χ1n) is 11.9. The van der Waals surface area contributed by atoms with Crippen LogP contribution in [0.4, 0.5) is 17.6 Å². The average molecular weight is 549 g/mol. The number of aliphatic carboxylic acids is 1. The molecule has 7 nitrogen and oxygen atoms in total. The van der Waals surface area contributed by atoms with Crippen molar-refractivity contribution >= 4 is 34.2 Å². The lowest BCUT2D eigenvalue weighted by molar-refractivity contribution is -0.192. The molecule has 0 aromatic heterocycles. The second-order valence-electron chi connectivity index (χ2n) is 8.81. The van der Waals surface area contributed by atoms with E-state index in [0.29, 0.717) is 6.42 Å². The number of aryl methyl sites for hydroxylation is 1. The molecule has 0 spiro atoms. The Kier molecular flexibility index (Phi) is 11.3. The van der Waals surface area contributed by atoms with Gasteiger partial charge in [0.25, 0.3) is 0 Å². The summed E-state index contributed by atoms with van der Waals surface area (Å²) in [5.41, 5.74) is 7.58. The molecule has 3 aromatic carbocycles. The van der Waals surface area contributed by atoms with E-state index in [1.165, 1.54) is 19.1 Å². The highest BCUT2D eigenvalue weighted by molar-refractivity contribution is 5.93. The number of carboxylic acid groups (broad SMARTS) is 1. The van der Waals surface area contributed by atoms with E-state index in [9.17, 15) is 31.9 Å². The van der Waals surface area contributed by atoms with E-state index in [4.69, 9.17) is 15.6 Å². The summed E-state index contributed by atoms with van der Waals surface area (Å²) >= 11 is 0. The van der Waals surface area contributed by atoms with E-state index < -0.39 is 30.1 Å². The number of nitrogens with one attached hydrogen (secondary N) is 1. The molecule has 0 radical (unpaired) electrons. The van der Waals surface area contributed by atoms with Crippen LogP contribution in [0.2, 0.25) is 0 Å². The molecule has 4 N–H and O–H groups in total. The Morgan fingerprint density at radius 1 is 0.949 bits per heavy atom. The number of benzene rings is 3. The van der Waals surface area contributed by atoms with Gasteiger partial charge in [-0.05, 0) is 53.8 Å². The number of fused-ring (bicyclic) bond motifs is 1. The Hall–Kier alpha value is -4.12. The number of carbonyl (C=O) groups is 4. The molecular weight excluding hydrogens is 520 g/mol. The molecule has 0 aliphatic heterocycles. The fourth-order valence-electron chi connectivity index (χ4n) is 3.73. The Labute approximate surface area is 222 Å². The maximum absolute atomic E-state index is 13.3. The van der Waals surface area contributed by atoms with Gasteiger partial charge < -0.3 is 16.2 Å². The molecule has 39 heavy (non-hydrogen) atoms. The minimum atomic E-state index is -5.08. The lowest BCUT2D eigenvalue weighted by Gasteiger charge is -2.20. The highest BCUT2D eigenvalue weighted by Gasteiger charge is 2.38. The van der Waals surface area contributed by atoms with Crippen LogP contribution >= 0.6 is 0 Å². The van der Waals surface area contributed by atoms with Crippen LogP contribution in [0.1, 0.15) is 30.9 Å². The Balaban J connectivity index is 0.000000673. The smallest absolute Gasteiger partial charge is 0.475 e. The summed E-state index contributed by atoms with van der Waals surface area (Å²) in [6, 6.07) is 17.9. The van der Waals surface area contributed by atoms with Crippen LogP contribution in [0.15, 0.2) is 66.7 Å². The number of halogens is 4. The molecule has 0 fully saturated rings. The molecule has 3 aromatic rings. The average Bonchev–Trinajstić information content (AvgIpc) is 2.87. The number of nitrogens with two attached hydrogens (primary N) is 1. The number of ketones is 2. The zero-order valence-corrected chi connectivity index (χ0v) is 21.0. The predicted octanol–water partition coefficient (Wildman–Crippen LogP) is 4.15. The number of hydrogen-bond donors (Lipinski definition) is 3. The summed E-state index contributed by atoms with van der Waals surface area (Å²) in [5, 5.41) is 12.0. The minimum Gasteiger partial charge on any atom is -0.475 e. The van der Waals surface area contributed by atoms with Crippen molar-refractivity contribution in [3.05, 3.63) is 83.7 Å². The van der Waals surface area contributed by atoms with Gasteiger partial charge in [0.2, 0.25) is 5.91 Å². The minimum absolute atomic E-state index is 0.0979. The lowest BCUT2D eigenvalue weighted by atomic mass is 9.95. The molecule has 0 saturated carbocycles. The molecule has 0 aliphatic rings. The number of hydrogen-bond acceptors (Lipinski definition) is 5. The summed E-state index contributed by atoms with van der Waals surface area (Å²) in [6.45, 7) is 1.36. The number of carboxylic acids is 1. The molecule has 0 bridgehead atoms. The monoisotopic (exact) mass is 548 g/mol. The Bertz CT molecular complexity index is 1300. The van der Waals surface area contributed by atoms with Crippen LogP contribution in [0.3, 0.4) is 0 Å². The summed E-state index contributed by atoms with van der Waals surface area (Å²) in [7, 11) is 0. The summed E-state index contributed by atoms with van der Waals surface area (Å²) in [6.07, 6.45) is -4.22. The van der Waals surface area contributed by atoms with Gasteiger partial charge in [0.1, 0.15) is 11.6 Å². The maximum Gasteiger partial charge on any atom is 0.490 e. The number of amides is 1. The first-order chi connectivity index (χ1) is 18.3. The van der Waals surface area contributed by atoms with Gasteiger partial charge in [-0.1, -0.05) is 54.6 Å². The number of alkyl halides is 3.